The summed E-state index contributed by atoms with van der Waals surface area (Å²) in [5.41, 5.74) is 6.39. The van der Waals surface area contributed by atoms with Crippen LogP contribution in [0.15, 0.2) is 60.8 Å². The van der Waals surface area contributed by atoms with E-state index in [1.165, 1.54) is 22.3 Å². The smallest absolute Gasteiger partial charge is 0.410 e. The van der Waals surface area contributed by atoms with Crippen LogP contribution in [0.4, 0.5) is 4.79 Å². The summed E-state index contributed by atoms with van der Waals surface area (Å²) < 4.78 is 11.2. The number of aromatic nitrogens is 1. The third kappa shape index (κ3) is 4.18. The van der Waals surface area contributed by atoms with E-state index in [9.17, 15) is 9.59 Å². The molecule has 0 saturated carbocycles. The van der Waals surface area contributed by atoms with Crippen molar-refractivity contribution in [3.63, 3.8) is 0 Å². The standard InChI is InChI=1S/C31H32N2O4/c1-19-14-29(36-2)32-17-27(19)30(34)20-15-21-8-7-9-22(16-20)33(21)31(35)37-18-28-25-12-5-3-10-23(25)24-11-4-6-13-26(24)28/h3-6,10-14,17,20-22,28H,7-9,15-16,18H2,1-2H3. The van der Waals surface area contributed by atoms with E-state index in [-0.39, 0.29) is 35.8 Å². The highest BCUT2D eigenvalue weighted by Gasteiger charge is 2.44. The maximum Gasteiger partial charge on any atom is 0.410 e. The number of carbonyl (C=O) groups excluding carboxylic acids is 2. The Morgan fingerprint density at radius 2 is 1.59 bits per heavy atom. The van der Waals surface area contributed by atoms with Crippen LogP contribution in [0.1, 0.15) is 65.1 Å². The van der Waals surface area contributed by atoms with Gasteiger partial charge in [0.05, 0.1) is 7.11 Å². The van der Waals surface area contributed by atoms with Crippen LogP contribution in [0.3, 0.4) is 0 Å². The van der Waals surface area contributed by atoms with Gasteiger partial charge in [0, 0.05) is 41.7 Å². The maximum absolute atomic E-state index is 13.5. The van der Waals surface area contributed by atoms with Crippen molar-refractivity contribution in [3.05, 3.63) is 83.0 Å². The molecule has 0 N–H and O–H groups in total. The lowest BCUT2D eigenvalue weighted by Gasteiger charge is -2.47. The van der Waals surface area contributed by atoms with E-state index >= 15 is 0 Å². The van der Waals surface area contributed by atoms with Gasteiger partial charge in [0.2, 0.25) is 5.88 Å². The predicted molar refractivity (Wildman–Crippen MR) is 141 cm³/mol. The van der Waals surface area contributed by atoms with Crippen LogP contribution >= 0.6 is 0 Å². The second-order valence-electron chi connectivity index (χ2n) is 10.5. The molecule has 0 radical (unpaired) electrons. The number of Topliss-reactive ketones (excluding diaryl/α,β-unsaturated/α-hetero) is 1. The molecule has 2 atom stereocenters. The van der Waals surface area contributed by atoms with Gasteiger partial charge in [0.1, 0.15) is 6.61 Å². The monoisotopic (exact) mass is 496 g/mol. The highest BCUT2D eigenvalue weighted by molar-refractivity contribution is 5.99. The molecule has 37 heavy (non-hydrogen) atoms. The zero-order valence-electron chi connectivity index (χ0n) is 21.4. The fraction of sp³-hybridized carbons (Fsp3) is 0.387. The molecule has 2 fully saturated rings. The van der Waals surface area contributed by atoms with Crippen LogP contribution < -0.4 is 4.74 Å². The van der Waals surface area contributed by atoms with Gasteiger partial charge < -0.3 is 14.4 Å². The Hall–Kier alpha value is -3.67. The topological polar surface area (TPSA) is 68.7 Å². The third-order valence-electron chi connectivity index (χ3n) is 8.45. The fourth-order valence-electron chi connectivity index (χ4n) is 6.68. The molecule has 3 aromatic rings. The number of hydrogen-bond donors (Lipinski definition) is 0. The minimum Gasteiger partial charge on any atom is -0.481 e. The van der Waals surface area contributed by atoms with Gasteiger partial charge in [-0.1, -0.05) is 48.5 Å². The maximum atomic E-state index is 13.5. The van der Waals surface area contributed by atoms with Gasteiger partial charge in [-0.25, -0.2) is 9.78 Å². The Kier molecular flexibility index (Phi) is 6.19. The number of ketones is 1. The predicted octanol–water partition coefficient (Wildman–Crippen LogP) is 6.16. The van der Waals surface area contributed by atoms with E-state index in [0.717, 1.165) is 24.8 Å². The average molecular weight is 497 g/mol. The van der Waals surface area contributed by atoms with Crippen LogP contribution in [0, 0.1) is 12.8 Å². The van der Waals surface area contributed by atoms with E-state index < -0.39 is 0 Å². The largest absolute Gasteiger partial charge is 0.481 e. The summed E-state index contributed by atoms with van der Waals surface area (Å²) >= 11 is 0. The quantitative estimate of drug-likeness (QED) is 0.396. The van der Waals surface area contributed by atoms with Crippen LogP contribution in [-0.4, -0.2) is 47.6 Å². The summed E-state index contributed by atoms with van der Waals surface area (Å²) in [6.07, 6.45) is 5.62. The second kappa shape index (κ2) is 9.66. The van der Waals surface area contributed by atoms with Crippen molar-refractivity contribution < 1.29 is 19.1 Å². The Morgan fingerprint density at radius 1 is 0.973 bits per heavy atom. The summed E-state index contributed by atoms with van der Waals surface area (Å²) in [6.45, 7) is 2.24. The number of pyridine rings is 1. The number of amides is 1. The summed E-state index contributed by atoms with van der Waals surface area (Å²) in [5, 5.41) is 0. The van der Waals surface area contributed by atoms with Gasteiger partial charge in [0.25, 0.3) is 0 Å². The number of aryl methyl sites for hydroxylation is 1. The number of ether oxygens (including phenoxy) is 2. The van der Waals surface area contributed by atoms with Crippen molar-refractivity contribution in [1.29, 1.82) is 0 Å². The highest BCUT2D eigenvalue weighted by Crippen LogP contribution is 2.45. The van der Waals surface area contributed by atoms with Crippen LogP contribution in [0.5, 0.6) is 5.88 Å². The normalized spacial score (nSPS) is 22.2. The Bertz CT molecular complexity index is 1290. The lowest BCUT2D eigenvalue weighted by Crippen LogP contribution is -2.56. The number of carbonyl (C=O) groups is 2. The SMILES string of the molecule is COc1cc(C)c(C(=O)C2CC3CCCC(C2)N3C(=O)OCC2c3ccccc3-c3ccccc32)cn1. The molecule has 2 bridgehead atoms. The Labute approximate surface area is 217 Å². The molecule has 3 heterocycles. The number of methoxy groups -OCH3 is 1. The molecule has 2 aromatic carbocycles. The summed E-state index contributed by atoms with van der Waals surface area (Å²) in [7, 11) is 1.57. The van der Waals surface area contributed by atoms with E-state index in [1.54, 1.807) is 19.4 Å². The molecule has 2 aliphatic heterocycles. The first kappa shape index (κ1) is 23.7. The first-order chi connectivity index (χ1) is 18.0. The highest BCUT2D eigenvalue weighted by atomic mass is 16.6. The molecule has 0 spiro atoms. The van der Waals surface area contributed by atoms with Crippen molar-refractivity contribution in [2.45, 2.75) is 57.0 Å². The Morgan fingerprint density at radius 3 is 2.19 bits per heavy atom. The summed E-state index contributed by atoms with van der Waals surface area (Å²) in [4.78, 5) is 33.1. The summed E-state index contributed by atoms with van der Waals surface area (Å²) in [5.74, 6) is 0.565. The minimum atomic E-state index is -0.246. The third-order valence-corrected chi connectivity index (χ3v) is 8.45. The second-order valence-corrected chi connectivity index (χ2v) is 10.5. The molecule has 2 unspecified atom stereocenters. The molecule has 2 saturated heterocycles. The van der Waals surface area contributed by atoms with E-state index in [2.05, 4.69) is 41.4 Å². The number of hydrogen-bond acceptors (Lipinski definition) is 5. The molecule has 1 amide bonds. The molecule has 3 aliphatic rings. The van der Waals surface area contributed by atoms with Crippen molar-refractivity contribution in [3.8, 4) is 17.0 Å². The zero-order chi connectivity index (χ0) is 25.5. The molecule has 6 nitrogen and oxygen atoms in total. The van der Waals surface area contributed by atoms with Gasteiger partial charge in [-0.3, -0.25) is 4.79 Å². The molecule has 190 valence electrons. The summed E-state index contributed by atoms with van der Waals surface area (Å²) in [6, 6.07) is 18.6. The number of nitrogens with zero attached hydrogens (tertiary/aromatic N) is 2. The number of rotatable bonds is 5. The molecular weight excluding hydrogens is 464 g/mol. The van der Waals surface area contributed by atoms with Crippen LogP contribution in [0.25, 0.3) is 11.1 Å². The number of fused-ring (bicyclic) bond motifs is 5. The lowest BCUT2D eigenvalue weighted by molar-refractivity contribution is 0.00648. The zero-order valence-corrected chi connectivity index (χ0v) is 21.4. The molecular formula is C31H32N2O4. The number of benzene rings is 2. The first-order valence-electron chi connectivity index (χ1n) is 13.2. The number of piperidine rings is 2. The lowest BCUT2D eigenvalue weighted by atomic mass is 9.75. The minimum absolute atomic E-state index is 0.0311. The molecule has 6 rings (SSSR count). The first-order valence-corrected chi connectivity index (χ1v) is 13.2. The molecule has 1 aromatic heterocycles. The van der Waals surface area contributed by atoms with Crippen LogP contribution in [-0.2, 0) is 4.74 Å². The van der Waals surface area contributed by atoms with Crippen molar-refractivity contribution in [2.24, 2.45) is 5.92 Å². The van der Waals surface area contributed by atoms with Gasteiger partial charge >= 0.3 is 6.09 Å². The Balaban J connectivity index is 1.16. The van der Waals surface area contributed by atoms with E-state index in [4.69, 9.17) is 9.47 Å². The van der Waals surface area contributed by atoms with E-state index in [0.29, 0.717) is 30.9 Å². The molecule has 1 aliphatic carbocycles. The van der Waals surface area contributed by atoms with E-state index in [1.807, 2.05) is 24.0 Å². The van der Waals surface area contributed by atoms with Crippen LogP contribution in [0.2, 0.25) is 0 Å². The van der Waals surface area contributed by atoms with Crippen molar-refractivity contribution in [2.75, 3.05) is 13.7 Å². The fourth-order valence-corrected chi connectivity index (χ4v) is 6.68. The van der Waals surface area contributed by atoms with Crippen molar-refractivity contribution >= 4 is 11.9 Å². The van der Waals surface area contributed by atoms with Gasteiger partial charge in [0.15, 0.2) is 5.78 Å². The average Bonchev–Trinajstić information content (AvgIpc) is 3.24. The van der Waals surface area contributed by atoms with Gasteiger partial charge in [-0.05, 0) is 66.8 Å². The van der Waals surface area contributed by atoms with Gasteiger partial charge in [-0.2, -0.15) is 0 Å². The molecule has 6 heteroatoms. The van der Waals surface area contributed by atoms with Gasteiger partial charge in [-0.15, -0.1) is 0 Å². The van der Waals surface area contributed by atoms with Crippen molar-refractivity contribution in [1.82, 2.24) is 9.88 Å².